The first kappa shape index (κ1) is 15.2. The predicted octanol–water partition coefficient (Wildman–Crippen LogP) is 3.25. The molecule has 0 spiro atoms. The maximum Gasteiger partial charge on any atom is 0.264 e. The molecule has 1 aromatic carbocycles. The number of fused-ring (bicyclic) bond motifs is 1. The van der Waals surface area contributed by atoms with Crippen molar-refractivity contribution in [3.05, 3.63) is 51.9 Å². The number of hydrogen-bond acceptors (Lipinski definition) is 3. The smallest absolute Gasteiger partial charge is 0.264 e. The summed E-state index contributed by atoms with van der Waals surface area (Å²) in [4.78, 5) is 6.71. The number of H-pyrrole nitrogens is 1. The molecule has 114 valence electrons. The Labute approximate surface area is 138 Å². The molecule has 0 saturated heterocycles. The summed E-state index contributed by atoms with van der Waals surface area (Å²) in [6.07, 6.45) is 2.84. The molecule has 2 N–H and O–H groups in total. The van der Waals surface area contributed by atoms with Crippen molar-refractivity contribution in [1.29, 1.82) is 0 Å². The van der Waals surface area contributed by atoms with Crippen molar-refractivity contribution in [2.75, 3.05) is 4.72 Å². The van der Waals surface area contributed by atoms with Gasteiger partial charge in [-0.2, -0.15) is 0 Å². The number of benzene rings is 1. The lowest BCUT2D eigenvalue weighted by atomic mass is 10.3. The molecule has 9 heteroatoms. The zero-order chi connectivity index (χ0) is 15.9. The fourth-order valence-electron chi connectivity index (χ4n) is 1.95. The van der Waals surface area contributed by atoms with Gasteiger partial charge in [-0.25, -0.2) is 22.2 Å². The van der Waals surface area contributed by atoms with Gasteiger partial charge in [0, 0.05) is 27.4 Å². The number of aromatic amines is 1. The van der Waals surface area contributed by atoms with Crippen LogP contribution in [0.3, 0.4) is 0 Å². The van der Waals surface area contributed by atoms with Crippen molar-refractivity contribution >= 4 is 49.3 Å². The van der Waals surface area contributed by atoms with Gasteiger partial charge in [-0.15, -0.1) is 0 Å². The van der Waals surface area contributed by atoms with E-state index in [1.807, 2.05) is 27.3 Å². The van der Waals surface area contributed by atoms with Crippen molar-refractivity contribution in [2.24, 2.45) is 0 Å². The zero-order valence-electron chi connectivity index (χ0n) is 10.8. The molecule has 0 fully saturated rings. The molecule has 0 bridgehead atoms. The fraction of sp³-hybridized carbons (Fsp3) is 0. The number of nitrogens with zero attached hydrogens (tertiary/aromatic N) is 1. The summed E-state index contributed by atoms with van der Waals surface area (Å²) in [6.45, 7) is 0. The summed E-state index contributed by atoms with van der Waals surface area (Å²) < 4.78 is 54.4. The molecule has 2 heterocycles. The van der Waals surface area contributed by atoms with Crippen LogP contribution in [0.4, 0.5) is 14.5 Å². The van der Waals surface area contributed by atoms with Gasteiger partial charge in [0.1, 0.15) is 22.2 Å². The number of sulfonamides is 1. The van der Waals surface area contributed by atoms with Crippen LogP contribution < -0.4 is 4.72 Å². The van der Waals surface area contributed by atoms with E-state index in [0.717, 1.165) is 21.8 Å². The average molecular weight is 435 g/mol. The molecule has 0 amide bonds. The highest BCUT2D eigenvalue weighted by Gasteiger charge is 2.21. The molecular weight excluding hydrogens is 427 g/mol. The first-order valence-corrected chi connectivity index (χ1v) is 8.53. The SMILES string of the molecule is O=S(=O)(Nc1cc(F)ccc1F)c1c[nH]c2ncc(I)cc12. The topological polar surface area (TPSA) is 74.8 Å². The maximum absolute atomic E-state index is 13.6. The van der Waals surface area contributed by atoms with Crippen LogP contribution in [0, 0.1) is 15.2 Å². The third-order valence-corrected chi connectivity index (χ3v) is 4.92. The lowest BCUT2D eigenvalue weighted by Gasteiger charge is -2.08. The summed E-state index contributed by atoms with van der Waals surface area (Å²) in [6, 6.07) is 4.18. The van der Waals surface area contributed by atoms with E-state index < -0.39 is 27.3 Å². The Balaban J connectivity index is 2.08. The van der Waals surface area contributed by atoms with E-state index in [9.17, 15) is 17.2 Å². The maximum atomic E-state index is 13.6. The lowest BCUT2D eigenvalue weighted by molar-refractivity contribution is 0.595. The van der Waals surface area contributed by atoms with Gasteiger partial charge in [0.05, 0.1) is 5.69 Å². The lowest BCUT2D eigenvalue weighted by Crippen LogP contribution is -2.13. The van der Waals surface area contributed by atoms with E-state index in [-0.39, 0.29) is 4.90 Å². The van der Waals surface area contributed by atoms with E-state index in [1.54, 1.807) is 12.3 Å². The van der Waals surface area contributed by atoms with E-state index in [0.29, 0.717) is 11.0 Å². The first-order valence-electron chi connectivity index (χ1n) is 5.97. The van der Waals surface area contributed by atoms with Crippen molar-refractivity contribution in [2.45, 2.75) is 4.90 Å². The minimum Gasteiger partial charge on any atom is -0.345 e. The third-order valence-electron chi connectivity index (χ3n) is 2.92. The Morgan fingerprint density at radius 1 is 1.23 bits per heavy atom. The Hall–Kier alpha value is -1.75. The van der Waals surface area contributed by atoms with E-state index in [2.05, 4.69) is 9.97 Å². The van der Waals surface area contributed by atoms with Crippen LogP contribution in [-0.2, 0) is 10.0 Å². The average Bonchev–Trinajstić information content (AvgIpc) is 2.86. The molecule has 0 aliphatic carbocycles. The normalized spacial score (nSPS) is 11.8. The second-order valence-corrected chi connectivity index (χ2v) is 7.33. The minimum absolute atomic E-state index is 0.0859. The Bertz CT molecular complexity index is 973. The molecule has 0 unspecified atom stereocenters. The van der Waals surface area contributed by atoms with Crippen LogP contribution in [0.5, 0.6) is 0 Å². The minimum atomic E-state index is -4.08. The largest absolute Gasteiger partial charge is 0.345 e. The molecule has 2 aromatic heterocycles. The summed E-state index contributed by atoms with van der Waals surface area (Å²) in [5, 5.41) is 0.371. The first-order chi connectivity index (χ1) is 10.4. The Morgan fingerprint density at radius 3 is 2.77 bits per heavy atom. The highest BCUT2D eigenvalue weighted by molar-refractivity contribution is 14.1. The van der Waals surface area contributed by atoms with Crippen LogP contribution in [-0.4, -0.2) is 18.4 Å². The van der Waals surface area contributed by atoms with Gasteiger partial charge in [0.2, 0.25) is 0 Å². The predicted molar refractivity (Wildman–Crippen MR) is 86.0 cm³/mol. The number of anilines is 1. The molecule has 0 saturated carbocycles. The highest BCUT2D eigenvalue weighted by Crippen LogP contribution is 2.26. The molecule has 0 aliphatic heterocycles. The summed E-state index contributed by atoms with van der Waals surface area (Å²) in [5.41, 5.74) is -0.0616. The number of halogens is 3. The molecule has 0 atom stereocenters. The van der Waals surface area contributed by atoms with Crippen LogP contribution >= 0.6 is 22.6 Å². The van der Waals surface area contributed by atoms with Crippen molar-refractivity contribution in [3.63, 3.8) is 0 Å². The quantitative estimate of drug-likeness (QED) is 0.621. The van der Waals surface area contributed by atoms with Crippen LogP contribution in [0.2, 0.25) is 0 Å². The van der Waals surface area contributed by atoms with Gasteiger partial charge >= 0.3 is 0 Å². The van der Waals surface area contributed by atoms with Crippen LogP contribution in [0.25, 0.3) is 11.0 Å². The van der Waals surface area contributed by atoms with Gasteiger partial charge in [0.25, 0.3) is 10.0 Å². The number of pyridine rings is 1. The van der Waals surface area contributed by atoms with Crippen LogP contribution in [0.1, 0.15) is 0 Å². The van der Waals surface area contributed by atoms with Crippen LogP contribution in [0.15, 0.2) is 41.6 Å². The van der Waals surface area contributed by atoms with E-state index in [1.165, 1.54) is 6.20 Å². The van der Waals surface area contributed by atoms with E-state index >= 15 is 0 Å². The summed E-state index contributed by atoms with van der Waals surface area (Å²) in [7, 11) is -4.08. The molecule has 0 radical (unpaired) electrons. The standard InChI is InChI=1S/C13H8F2IN3O2S/c14-7-1-2-10(15)11(3-7)19-22(20,21)12-6-18-13-9(12)4-8(16)5-17-13/h1-6,19H,(H,17,18). The second-order valence-electron chi connectivity index (χ2n) is 4.43. The van der Waals surface area contributed by atoms with Gasteiger partial charge in [-0.1, -0.05) is 0 Å². The molecule has 22 heavy (non-hydrogen) atoms. The monoisotopic (exact) mass is 435 g/mol. The molecule has 3 rings (SSSR count). The zero-order valence-corrected chi connectivity index (χ0v) is 13.7. The molecule has 0 aliphatic rings. The summed E-state index contributed by atoms with van der Waals surface area (Å²) >= 11 is 2.00. The van der Waals surface area contributed by atoms with Gasteiger partial charge < -0.3 is 4.98 Å². The number of aromatic nitrogens is 2. The molecule has 5 nitrogen and oxygen atoms in total. The third kappa shape index (κ3) is 2.77. The number of hydrogen-bond donors (Lipinski definition) is 2. The molecular formula is C13H8F2IN3O2S. The van der Waals surface area contributed by atoms with Gasteiger partial charge in [-0.05, 0) is 40.8 Å². The van der Waals surface area contributed by atoms with Crippen molar-refractivity contribution in [3.8, 4) is 0 Å². The van der Waals surface area contributed by atoms with E-state index in [4.69, 9.17) is 0 Å². The summed E-state index contributed by atoms with van der Waals surface area (Å²) in [5.74, 6) is -1.60. The Morgan fingerprint density at radius 2 is 2.00 bits per heavy atom. The van der Waals surface area contributed by atoms with Gasteiger partial charge in [0.15, 0.2) is 0 Å². The number of nitrogens with one attached hydrogen (secondary N) is 2. The van der Waals surface area contributed by atoms with Crippen molar-refractivity contribution < 1.29 is 17.2 Å². The Kier molecular flexibility index (Phi) is 3.77. The number of rotatable bonds is 3. The second kappa shape index (κ2) is 5.47. The highest BCUT2D eigenvalue weighted by atomic mass is 127. The molecule has 3 aromatic rings. The fourth-order valence-corrected chi connectivity index (χ4v) is 3.62. The van der Waals surface area contributed by atoms with Crippen molar-refractivity contribution in [1.82, 2.24) is 9.97 Å². The van der Waals surface area contributed by atoms with Gasteiger partial charge in [-0.3, -0.25) is 4.72 Å².